The van der Waals surface area contributed by atoms with Crippen LogP contribution in [0.25, 0.3) is 11.1 Å². The maximum atomic E-state index is 13.0. The number of nitrogens with one attached hydrogen (secondary N) is 1. The van der Waals surface area contributed by atoms with Crippen molar-refractivity contribution in [2.45, 2.75) is 0 Å². The summed E-state index contributed by atoms with van der Waals surface area (Å²) < 4.78 is 5.25. The van der Waals surface area contributed by atoms with E-state index in [-0.39, 0.29) is 35.8 Å². The number of pyridine rings is 1. The van der Waals surface area contributed by atoms with Gasteiger partial charge in [0, 0.05) is 0 Å². The fourth-order valence-corrected chi connectivity index (χ4v) is 8.26. The summed E-state index contributed by atoms with van der Waals surface area (Å²) in [6.07, 6.45) is 1.64. The Kier molecular flexibility index (Phi) is 7.53. The molecule has 170 valence electrons. The Balaban J connectivity index is 1.60. The second kappa shape index (κ2) is 11.3. The van der Waals surface area contributed by atoms with Crippen molar-refractivity contribution in [1.29, 1.82) is 0 Å². The molecule has 3 nitrogen and oxygen atoms in total. The number of benzene rings is 4. The van der Waals surface area contributed by atoms with Gasteiger partial charge in [-0.05, 0) is 0 Å². The number of hydrogen-bond donors (Lipinski definition) is 1. The minimum atomic E-state index is -0.209. The maximum absolute atomic E-state index is 13.0. The Morgan fingerprint density at radius 1 is 0.600 bits per heavy atom. The summed E-state index contributed by atoms with van der Waals surface area (Å²) in [6, 6.07) is 41.3. The summed E-state index contributed by atoms with van der Waals surface area (Å²) in [5.41, 5.74) is 3.46. The molecule has 5 rings (SSSR count). The van der Waals surface area contributed by atoms with Gasteiger partial charge < -0.3 is 0 Å². The summed E-state index contributed by atoms with van der Waals surface area (Å²) in [4.78, 5) is 17.2. The molecule has 0 atom stereocenters. The van der Waals surface area contributed by atoms with E-state index < -0.39 is 0 Å². The summed E-state index contributed by atoms with van der Waals surface area (Å²) in [5.74, 6) is -0.209. The number of rotatable bonds is 7. The van der Waals surface area contributed by atoms with E-state index in [0.29, 0.717) is 5.69 Å². The molecule has 0 saturated heterocycles. The van der Waals surface area contributed by atoms with Gasteiger partial charge >= 0.3 is 219 Å². The number of carbonyl (C=O) groups excluding carboxylic acids is 1. The molecule has 5 heteroatoms. The van der Waals surface area contributed by atoms with Crippen LogP contribution in [0.4, 0.5) is 5.69 Å². The topological polar surface area (TPSA) is 42.0 Å². The first-order valence-electron chi connectivity index (χ1n) is 11.2. The third-order valence-corrected chi connectivity index (χ3v) is 9.75. The third kappa shape index (κ3) is 5.79. The molecule has 1 aromatic heterocycles. The van der Waals surface area contributed by atoms with Crippen LogP contribution in [0.1, 0.15) is 10.5 Å². The van der Waals surface area contributed by atoms with Crippen LogP contribution in [0.15, 0.2) is 128 Å². The van der Waals surface area contributed by atoms with Crippen LogP contribution < -0.4 is 23.2 Å². The number of para-hydroxylation sites is 1. The molecule has 0 aliphatic rings. The van der Waals surface area contributed by atoms with Gasteiger partial charge in [-0.1, -0.05) is 0 Å². The van der Waals surface area contributed by atoms with E-state index in [9.17, 15) is 4.79 Å². The van der Waals surface area contributed by atoms with Gasteiger partial charge in [0.2, 0.25) is 0 Å². The van der Waals surface area contributed by atoms with E-state index in [1.54, 1.807) is 12.3 Å². The Morgan fingerprint density at radius 3 is 1.77 bits per heavy atom. The van der Waals surface area contributed by atoms with Crippen LogP contribution in [-0.2, 0) is 0 Å². The standard InChI is InChI=1S/C30H22N2OSe2/c33-30(26-18-9-10-21-31-26)32-25-17-8-7-16-24(25)29-27(34-22-12-3-1-4-13-22)19-11-20-28(29)35-23-14-5-2-6-15-23/h1-21H,(H,32,33). The van der Waals surface area contributed by atoms with Crippen LogP contribution in [0, 0.1) is 0 Å². The first-order chi connectivity index (χ1) is 17.3. The van der Waals surface area contributed by atoms with E-state index >= 15 is 0 Å². The summed E-state index contributed by atoms with van der Waals surface area (Å²) >= 11 is 0.245. The van der Waals surface area contributed by atoms with Crippen molar-refractivity contribution in [1.82, 2.24) is 4.98 Å². The van der Waals surface area contributed by atoms with E-state index in [2.05, 4.69) is 95.2 Å². The van der Waals surface area contributed by atoms with E-state index in [4.69, 9.17) is 0 Å². The van der Waals surface area contributed by atoms with Gasteiger partial charge in [-0.2, -0.15) is 0 Å². The molecule has 0 saturated carbocycles. The molecule has 0 radical (unpaired) electrons. The molecule has 0 unspecified atom stereocenters. The van der Waals surface area contributed by atoms with Gasteiger partial charge in [0.15, 0.2) is 0 Å². The molecule has 4 aromatic carbocycles. The SMILES string of the molecule is O=C(Nc1ccccc1-c1c([Se]c2ccccc2)cccc1[Se]c1ccccc1)c1ccccn1. The van der Waals surface area contributed by atoms with E-state index in [1.165, 1.54) is 23.4 Å². The van der Waals surface area contributed by atoms with E-state index in [1.807, 2.05) is 30.3 Å². The number of anilines is 1. The zero-order valence-electron chi connectivity index (χ0n) is 18.8. The molecule has 0 spiro atoms. The molecule has 1 N–H and O–H groups in total. The number of nitrogens with zero attached hydrogens (tertiary/aromatic N) is 1. The van der Waals surface area contributed by atoms with Crippen molar-refractivity contribution in [3.63, 3.8) is 0 Å². The molecular formula is C30H22N2OSe2. The second-order valence-corrected chi connectivity index (χ2v) is 12.4. The third-order valence-electron chi connectivity index (χ3n) is 5.27. The monoisotopic (exact) mass is 586 g/mol. The molecule has 0 aliphatic carbocycles. The zero-order chi connectivity index (χ0) is 23.9. The Labute approximate surface area is 218 Å². The summed E-state index contributed by atoms with van der Waals surface area (Å²) in [6.45, 7) is 0. The van der Waals surface area contributed by atoms with Crippen LogP contribution in [0.5, 0.6) is 0 Å². The molecule has 0 aliphatic heterocycles. The predicted molar refractivity (Wildman–Crippen MR) is 147 cm³/mol. The molecule has 1 amide bonds. The van der Waals surface area contributed by atoms with Crippen molar-refractivity contribution in [3.05, 3.63) is 133 Å². The average molecular weight is 584 g/mol. The van der Waals surface area contributed by atoms with Crippen LogP contribution in [0.2, 0.25) is 0 Å². The van der Waals surface area contributed by atoms with Crippen molar-refractivity contribution >= 4 is 59.4 Å². The van der Waals surface area contributed by atoms with Crippen molar-refractivity contribution in [2.75, 3.05) is 5.32 Å². The van der Waals surface area contributed by atoms with Gasteiger partial charge in [0.25, 0.3) is 0 Å². The summed E-state index contributed by atoms with van der Waals surface area (Å²) in [7, 11) is 0. The van der Waals surface area contributed by atoms with Gasteiger partial charge in [0.1, 0.15) is 0 Å². The fraction of sp³-hybridized carbons (Fsp3) is 0. The fourth-order valence-electron chi connectivity index (χ4n) is 3.67. The normalized spacial score (nSPS) is 10.6. The zero-order valence-corrected chi connectivity index (χ0v) is 22.2. The van der Waals surface area contributed by atoms with Gasteiger partial charge in [-0.3, -0.25) is 0 Å². The quantitative estimate of drug-likeness (QED) is 0.299. The van der Waals surface area contributed by atoms with Crippen molar-refractivity contribution < 1.29 is 4.79 Å². The first-order valence-corrected chi connectivity index (χ1v) is 14.6. The van der Waals surface area contributed by atoms with Gasteiger partial charge in [-0.15, -0.1) is 0 Å². The van der Waals surface area contributed by atoms with Crippen LogP contribution >= 0.6 is 0 Å². The molecule has 0 bridgehead atoms. The average Bonchev–Trinajstić information content (AvgIpc) is 2.91. The predicted octanol–water partition coefficient (Wildman–Crippen LogP) is 3.31. The second-order valence-electron chi connectivity index (χ2n) is 7.67. The minimum absolute atomic E-state index is 0.122. The number of aromatic nitrogens is 1. The number of hydrogen-bond acceptors (Lipinski definition) is 2. The van der Waals surface area contributed by atoms with Crippen LogP contribution in [0.3, 0.4) is 0 Å². The Hall–Kier alpha value is -3.46. The van der Waals surface area contributed by atoms with Crippen molar-refractivity contribution in [3.8, 4) is 11.1 Å². The molecule has 1 heterocycles. The number of amides is 1. The van der Waals surface area contributed by atoms with Gasteiger partial charge in [0.05, 0.1) is 0 Å². The molecule has 5 aromatic rings. The molecule has 35 heavy (non-hydrogen) atoms. The Bertz CT molecular complexity index is 1370. The van der Waals surface area contributed by atoms with Crippen LogP contribution in [-0.4, -0.2) is 40.8 Å². The molecular weight excluding hydrogens is 562 g/mol. The summed E-state index contributed by atoms with van der Waals surface area (Å²) in [5, 5.41) is 3.12. The van der Waals surface area contributed by atoms with Crippen molar-refractivity contribution in [2.24, 2.45) is 0 Å². The number of carbonyl (C=O) groups is 1. The van der Waals surface area contributed by atoms with E-state index in [0.717, 1.165) is 11.3 Å². The molecule has 0 fully saturated rings. The Morgan fingerprint density at radius 2 is 1.17 bits per heavy atom. The van der Waals surface area contributed by atoms with Gasteiger partial charge in [-0.25, -0.2) is 0 Å². The first kappa shape index (κ1) is 23.3.